The maximum absolute atomic E-state index is 5.59. The number of aromatic nitrogens is 2. The number of halogens is 1. The SMILES string of the molecule is NC(=S)c1nccnc1NCc1ccccc1Br. The standard InChI is InChI=1S/C12H11BrN4S/c13-9-4-2-1-3-8(9)7-17-12-10(11(14)18)15-5-6-16-12/h1-6H,7H2,(H2,14,18)(H,16,17). The minimum atomic E-state index is 0.234. The van der Waals surface area contributed by atoms with Gasteiger partial charge in [0.15, 0.2) is 5.82 Å². The van der Waals surface area contributed by atoms with Crippen LogP contribution < -0.4 is 11.1 Å². The molecule has 0 atom stereocenters. The van der Waals surface area contributed by atoms with Crippen molar-refractivity contribution in [1.29, 1.82) is 0 Å². The third-order valence-corrected chi connectivity index (χ3v) is 3.30. The fourth-order valence-electron chi connectivity index (χ4n) is 1.47. The van der Waals surface area contributed by atoms with E-state index in [2.05, 4.69) is 31.2 Å². The molecule has 0 aliphatic carbocycles. The van der Waals surface area contributed by atoms with Gasteiger partial charge in [-0.25, -0.2) is 9.97 Å². The highest BCUT2D eigenvalue weighted by molar-refractivity contribution is 9.10. The van der Waals surface area contributed by atoms with E-state index >= 15 is 0 Å². The number of nitrogens with zero attached hydrogens (tertiary/aromatic N) is 2. The molecule has 1 aromatic carbocycles. The normalized spacial score (nSPS) is 10.1. The molecule has 2 rings (SSSR count). The maximum Gasteiger partial charge on any atom is 0.155 e. The number of anilines is 1. The van der Waals surface area contributed by atoms with Crippen molar-refractivity contribution in [2.45, 2.75) is 6.54 Å². The number of benzene rings is 1. The van der Waals surface area contributed by atoms with Crippen LogP contribution in [-0.2, 0) is 6.54 Å². The lowest BCUT2D eigenvalue weighted by Gasteiger charge is -2.09. The Morgan fingerprint density at radius 2 is 2.00 bits per heavy atom. The summed E-state index contributed by atoms with van der Waals surface area (Å²) in [6, 6.07) is 7.96. The van der Waals surface area contributed by atoms with Crippen LogP contribution in [0.5, 0.6) is 0 Å². The van der Waals surface area contributed by atoms with Crippen LogP contribution in [0.3, 0.4) is 0 Å². The van der Waals surface area contributed by atoms with E-state index in [1.54, 1.807) is 12.4 Å². The van der Waals surface area contributed by atoms with Gasteiger partial charge < -0.3 is 11.1 Å². The molecule has 0 radical (unpaired) electrons. The molecule has 0 aliphatic heterocycles. The van der Waals surface area contributed by atoms with Crippen molar-refractivity contribution >= 4 is 39.0 Å². The van der Waals surface area contributed by atoms with Crippen molar-refractivity contribution in [3.05, 3.63) is 52.4 Å². The molecule has 0 aliphatic rings. The third-order valence-electron chi connectivity index (χ3n) is 2.34. The lowest BCUT2D eigenvalue weighted by atomic mass is 10.2. The van der Waals surface area contributed by atoms with Gasteiger partial charge in [0.05, 0.1) is 0 Å². The van der Waals surface area contributed by atoms with Gasteiger partial charge in [0.25, 0.3) is 0 Å². The summed E-state index contributed by atoms with van der Waals surface area (Å²) < 4.78 is 1.04. The second kappa shape index (κ2) is 5.88. The van der Waals surface area contributed by atoms with E-state index in [9.17, 15) is 0 Å². The Morgan fingerprint density at radius 1 is 1.28 bits per heavy atom. The molecule has 18 heavy (non-hydrogen) atoms. The Morgan fingerprint density at radius 3 is 2.72 bits per heavy atom. The Balaban J connectivity index is 2.16. The molecule has 2 aromatic rings. The predicted molar refractivity (Wildman–Crippen MR) is 79.4 cm³/mol. The first-order valence-corrected chi connectivity index (χ1v) is 6.46. The van der Waals surface area contributed by atoms with Crippen LogP contribution in [0, 0.1) is 0 Å². The first kappa shape index (κ1) is 12.9. The number of rotatable bonds is 4. The average molecular weight is 323 g/mol. The van der Waals surface area contributed by atoms with Gasteiger partial charge in [-0.3, -0.25) is 0 Å². The smallest absolute Gasteiger partial charge is 0.155 e. The molecule has 0 amide bonds. The van der Waals surface area contributed by atoms with Gasteiger partial charge in [-0.05, 0) is 11.6 Å². The summed E-state index contributed by atoms with van der Waals surface area (Å²) in [5, 5.41) is 3.18. The summed E-state index contributed by atoms with van der Waals surface area (Å²) >= 11 is 8.42. The van der Waals surface area contributed by atoms with E-state index in [-0.39, 0.29) is 4.99 Å². The highest BCUT2D eigenvalue weighted by Crippen LogP contribution is 2.17. The Bertz CT molecular complexity index is 574. The van der Waals surface area contributed by atoms with E-state index in [4.69, 9.17) is 18.0 Å². The van der Waals surface area contributed by atoms with Crippen LogP contribution in [0.15, 0.2) is 41.1 Å². The minimum Gasteiger partial charge on any atom is -0.388 e. The monoisotopic (exact) mass is 322 g/mol. The molecule has 0 spiro atoms. The van der Waals surface area contributed by atoms with Gasteiger partial charge in [0.2, 0.25) is 0 Å². The molecule has 1 heterocycles. The van der Waals surface area contributed by atoms with Crippen molar-refractivity contribution in [3.63, 3.8) is 0 Å². The van der Waals surface area contributed by atoms with Gasteiger partial charge >= 0.3 is 0 Å². The molecule has 92 valence electrons. The molecule has 6 heteroatoms. The summed E-state index contributed by atoms with van der Waals surface area (Å²) in [6.45, 7) is 0.621. The van der Waals surface area contributed by atoms with Crippen molar-refractivity contribution in [2.75, 3.05) is 5.32 Å². The summed E-state index contributed by atoms with van der Waals surface area (Å²) in [4.78, 5) is 8.53. The largest absolute Gasteiger partial charge is 0.388 e. The van der Waals surface area contributed by atoms with Gasteiger partial charge in [-0.15, -0.1) is 0 Å². The molecule has 1 aromatic heterocycles. The molecule has 0 bridgehead atoms. The summed E-state index contributed by atoms with van der Waals surface area (Å²) in [5.74, 6) is 0.598. The topological polar surface area (TPSA) is 63.8 Å². The fraction of sp³-hybridized carbons (Fsp3) is 0.0833. The minimum absolute atomic E-state index is 0.234. The number of thiocarbonyl (C=S) groups is 1. The van der Waals surface area contributed by atoms with E-state index in [1.807, 2.05) is 24.3 Å². The van der Waals surface area contributed by atoms with Crippen LogP contribution in [0.2, 0.25) is 0 Å². The second-order valence-corrected chi connectivity index (χ2v) is 4.86. The number of nitrogens with one attached hydrogen (secondary N) is 1. The quantitative estimate of drug-likeness (QED) is 0.847. The molecule has 0 unspecified atom stereocenters. The van der Waals surface area contributed by atoms with E-state index < -0.39 is 0 Å². The Kier molecular flexibility index (Phi) is 4.22. The molecular weight excluding hydrogens is 312 g/mol. The van der Waals surface area contributed by atoms with Crippen LogP contribution in [0.4, 0.5) is 5.82 Å². The zero-order chi connectivity index (χ0) is 13.0. The van der Waals surface area contributed by atoms with Gasteiger partial charge in [0.1, 0.15) is 10.7 Å². The predicted octanol–water partition coefficient (Wildman–Crippen LogP) is 2.49. The highest BCUT2D eigenvalue weighted by atomic mass is 79.9. The van der Waals surface area contributed by atoms with Crippen LogP contribution in [-0.4, -0.2) is 15.0 Å². The molecule has 0 saturated carbocycles. The summed E-state index contributed by atoms with van der Waals surface area (Å²) in [7, 11) is 0. The van der Waals surface area contributed by atoms with Crippen molar-refractivity contribution in [1.82, 2.24) is 9.97 Å². The third kappa shape index (κ3) is 3.02. The number of hydrogen-bond acceptors (Lipinski definition) is 4. The zero-order valence-corrected chi connectivity index (χ0v) is 11.8. The molecule has 3 N–H and O–H groups in total. The maximum atomic E-state index is 5.59. The molecule has 4 nitrogen and oxygen atoms in total. The highest BCUT2D eigenvalue weighted by Gasteiger charge is 2.07. The Hall–Kier alpha value is -1.53. The van der Waals surface area contributed by atoms with Gasteiger partial charge in [-0.2, -0.15) is 0 Å². The average Bonchev–Trinajstić information content (AvgIpc) is 2.38. The van der Waals surface area contributed by atoms with Gasteiger partial charge in [0, 0.05) is 23.4 Å². The van der Waals surface area contributed by atoms with Crippen LogP contribution in [0.1, 0.15) is 11.3 Å². The van der Waals surface area contributed by atoms with Crippen molar-refractivity contribution < 1.29 is 0 Å². The fourth-order valence-corrected chi connectivity index (χ4v) is 2.04. The lowest BCUT2D eigenvalue weighted by molar-refractivity contribution is 1.07. The molecule has 0 fully saturated rings. The lowest BCUT2D eigenvalue weighted by Crippen LogP contribution is -2.16. The first-order valence-electron chi connectivity index (χ1n) is 5.26. The molecular formula is C12H11BrN4S. The zero-order valence-electron chi connectivity index (χ0n) is 9.43. The Labute approximate surface area is 119 Å². The van der Waals surface area contributed by atoms with E-state index in [0.29, 0.717) is 18.1 Å². The summed E-state index contributed by atoms with van der Waals surface area (Å²) in [6.07, 6.45) is 3.17. The van der Waals surface area contributed by atoms with Gasteiger partial charge in [-0.1, -0.05) is 46.3 Å². The second-order valence-electron chi connectivity index (χ2n) is 3.56. The summed E-state index contributed by atoms with van der Waals surface area (Å²) in [5.41, 5.74) is 7.23. The van der Waals surface area contributed by atoms with E-state index in [1.165, 1.54) is 0 Å². The van der Waals surface area contributed by atoms with Crippen molar-refractivity contribution in [3.8, 4) is 0 Å². The van der Waals surface area contributed by atoms with E-state index in [0.717, 1.165) is 10.0 Å². The number of hydrogen-bond donors (Lipinski definition) is 2. The van der Waals surface area contributed by atoms with Crippen molar-refractivity contribution in [2.24, 2.45) is 5.73 Å². The number of nitrogens with two attached hydrogens (primary N) is 1. The first-order chi connectivity index (χ1) is 8.68. The van der Waals surface area contributed by atoms with Crippen LogP contribution >= 0.6 is 28.1 Å². The molecule has 0 saturated heterocycles. The van der Waals surface area contributed by atoms with Crippen LogP contribution in [0.25, 0.3) is 0 Å².